The maximum absolute atomic E-state index is 15.1. The first-order valence-corrected chi connectivity index (χ1v) is 25.5. The van der Waals surface area contributed by atoms with Gasteiger partial charge in [-0.1, -0.05) is 106 Å². The normalized spacial score (nSPS) is 26.0. The quantitative estimate of drug-likeness (QED) is 0.217. The molecule has 0 spiro atoms. The number of cyclic esters (lactones) is 1. The summed E-state index contributed by atoms with van der Waals surface area (Å²) in [5.41, 5.74) is 4.46. The second kappa shape index (κ2) is 16.1. The fourth-order valence-corrected chi connectivity index (χ4v) is 9.81. The molecule has 0 radical (unpaired) electrons. The number of Topliss-reactive ketones (excluding diaryl/α,β-unsaturated/α-hetero) is 1. The Morgan fingerprint density at radius 1 is 0.922 bits per heavy atom. The number of allylic oxidation sites excluding steroid dienone is 1. The number of hydrogen-bond donors (Lipinski definition) is 0. The number of esters is 1. The molecule has 0 unspecified atom stereocenters. The van der Waals surface area contributed by atoms with Crippen molar-refractivity contribution >= 4 is 51.4 Å². The number of ketones is 1. The van der Waals surface area contributed by atoms with E-state index >= 15 is 4.79 Å². The van der Waals surface area contributed by atoms with Crippen LogP contribution in [-0.2, 0) is 23.2 Å². The predicted molar refractivity (Wildman–Crippen MR) is 222 cm³/mol. The molecule has 284 valence electrons. The van der Waals surface area contributed by atoms with Gasteiger partial charge in [-0.15, -0.1) is 11.3 Å². The number of carbonyl (C=O) groups excluding carboxylic acids is 2. The fourth-order valence-electron chi connectivity index (χ4n) is 6.26. The summed E-state index contributed by atoms with van der Waals surface area (Å²) in [6.45, 7) is 36.6. The van der Waals surface area contributed by atoms with E-state index in [4.69, 9.17) is 13.6 Å². The molecule has 0 saturated carbocycles. The van der Waals surface area contributed by atoms with Crippen LogP contribution in [0.3, 0.4) is 0 Å². The SMILES string of the molecule is C/C1=C/C[C@H](/C(C)=C/c2csc(C)c2)OC(=O)C[C@H](O[Si](C)(C)C(C)(C)C)C(C)(C)C(=O)[C@H](C)[C@@H](O[Si](C)(C)C(C)(C)C)[C@@H](C)c2cccc1c2. The Morgan fingerprint density at radius 3 is 2.06 bits per heavy atom. The van der Waals surface area contributed by atoms with Crippen LogP contribution in [0.15, 0.2) is 47.4 Å². The summed E-state index contributed by atoms with van der Waals surface area (Å²) in [7, 11) is -4.72. The van der Waals surface area contributed by atoms with Crippen LogP contribution in [0.2, 0.25) is 36.3 Å². The van der Waals surface area contributed by atoms with Gasteiger partial charge in [-0.2, -0.15) is 0 Å². The average molecular weight is 753 g/mol. The standard InChI is InChI=1S/C43H68O5SSi2/c1-28-21-22-36(29(2)23-33-24-30(3)49-27-33)46-38(44)26-37(47-50(14,15)41(6,7)8)43(12,13)40(45)32(5)39(48-51(16,17)42(9,10)11)31(4)35-20-18-19-34(28)25-35/h18-21,23-25,27,31-32,36-37,39H,22,26H2,1-17H3/b28-21-,29-23+/t31-,32+,36+,37-,39-/m0/s1. The molecule has 1 aromatic heterocycles. The lowest BCUT2D eigenvalue weighted by atomic mass is 9.72. The maximum atomic E-state index is 15.1. The molecule has 5 nitrogen and oxygen atoms in total. The average Bonchev–Trinajstić information content (AvgIpc) is 3.42. The van der Waals surface area contributed by atoms with Crippen molar-refractivity contribution in [2.75, 3.05) is 0 Å². The summed E-state index contributed by atoms with van der Waals surface area (Å²) in [5.74, 6) is -0.805. The first-order valence-electron chi connectivity index (χ1n) is 18.8. The van der Waals surface area contributed by atoms with Crippen molar-refractivity contribution in [3.63, 3.8) is 0 Å². The number of carbonyl (C=O) groups is 2. The van der Waals surface area contributed by atoms with Crippen molar-refractivity contribution in [1.29, 1.82) is 0 Å². The van der Waals surface area contributed by atoms with Crippen molar-refractivity contribution < 1.29 is 23.2 Å². The van der Waals surface area contributed by atoms with E-state index in [0.717, 1.165) is 27.8 Å². The molecule has 2 aromatic rings. The van der Waals surface area contributed by atoms with Crippen molar-refractivity contribution in [2.45, 2.75) is 163 Å². The van der Waals surface area contributed by atoms with Gasteiger partial charge < -0.3 is 13.6 Å². The van der Waals surface area contributed by atoms with Gasteiger partial charge >= 0.3 is 5.97 Å². The van der Waals surface area contributed by atoms with Gasteiger partial charge in [0.2, 0.25) is 0 Å². The summed E-state index contributed by atoms with van der Waals surface area (Å²) in [4.78, 5) is 30.4. The van der Waals surface area contributed by atoms with Crippen LogP contribution in [-0.4, -0.2) is 46.7 Å². The lowest BCUT2D eigenvalue weighted by Crippen LogP contribution is -2.54. The Hall–Kier alpha value is -2.11. The highest BCUT2D eigenvalue weighted by molar-refractivity contribution is 7.10. The first kappa shape index (κ1) is 43.3. The smallest absolute Gasteiger partial charge is 0.309 e. The van der Waals surface area contributed by atoms with Crippen LogP contribution < -0.4 is 0 Å². The molecule has 0 N–H and O–H groups in total. The van der Waals surface area contributed by atoms with Crippen molar-refractivity contribution in [3.8, 4) is 0 Å². The minimum Gasteiger partial charge on any atom is -0.457 e. The Morgan fingerprint density at radius 2 is 1.51 bits per heavy atom. The van der Waals surface area contributed by atoms with Crippen molar-refractivity contribution in [1.82, 2.24) is 0 Å². The Bertz CT molecular complexity index is 1600. The molecule has 2 heterocycles. The number of rotatable bonds is 6. The Kier molecular flexibility index (Phi) is 13.7. The second-order valence-corrected chi connectivity index (χ2v) is 29.3. The molecule has 0 saturated heterocycles. The molecule has 2 bridgehead atoms. The van der Waals surface area contributed by atoms with Gasteiger partial charge in [0.1, 0.15) is 11.9 Å². The van der Waals surface area contributed by atoms with Crippen LogP contribution in [0, 0.1) is 18.3 Å². The van der Waals surface area contributed by atoms with E-state index in [9.17, 15) is 4.79 Å². The third-order valence-corrected chi connectivity index (χ3v) is 21.9. The third-order valence-electron chi connectivity index (χ3n) is 12.1. The minimum absolute atomic E-state index is 0.00956. The van der Waals surface area contributed by atoms with E-state index in [1.54, 1.807) is 11.3 Å². The van der Waals surface area contributed by atoms with Crippen LogP contribution in [0.25, 0.3) is 11.6 Å². The Labute approximate surface area is 316 Å². The maximum Gasteiger partial charge on any atom is 0.309 e. The number of benzene rings is 1. The molecule has 0 aliphatic carbocycles. The highest BCUT2D eigenvalue weighted by Crippen LogP contribution is 2.45. The largest absolute Gasteiger partial charge is 0.457 e. The zero-order valence-corrected chi connectivity index (χ0v) is 37.7. The number of thiophene rings is 1. The number of aryl methyl sites for hydroxylation is 1. The van der Waals surface area contributed by atoms with Crippen LogP contribution in [0.1, 0.15) is 123 Å². The molecular formula is C43H68O5SSi2. The topological polar surface area (TPSA) is 61.8 Å². The van der Waals surface area contributed by atoms with Gasteiger partial charge in [-0.05, 0) is 96.3 Å². The molecule has 1 aromatic carbocycles. The monoisotopic (exact) mass is 752 g/mol. The fraction of sp³-hybridized carbons (Fsp3) is 0.628. The van der Waals surface area contributed by atoms with E-state index in [1.807, 2.05) is 27.7 Å². The van der Waals surface area contributed by atoms with Gasteiger partial charge in [0.05, 0.1) is 18.6 Å². The highest BCUT2D eigenvalue weighted by Gasteiger charge is 2.50. The predicted octanol–water partition coefficient (Wildman–Crippen LogP) is 12.4. The van der Waals surface area contributed by atoms with Crippen LogP contribution in [0.5, 0.6) is 0 Å². The van der Waals surface area contributed by atoms with Gasteiger partial charge in [-0.25, -0.2) is 0 Å². The lowest BCUT2D eigenvalue weighted by Gasteiger charge is -2.46. The number of hydrogen-bond acceptors (Lipinski definition) is 6. The van der Waals surface area contributed by atoms with E-state index in [2.05, 4.69) is 136 Å². The van der Waals surface area contributed by atoms with E-state index in [-0.39, 0.29) is 40.3 Å². The first-order chi connectivity index (χ1) is 23.2. The zero-order valence-electron chi connectivity index (χ0n) is 34.9. The van der Waals surface area contributed by atoms with Crippen molar-refractivity contribution in [3.05, 3.63) is 68.9 Å². The highest BCUT2D eigenvalue weighted by atomic mass is 32.1. The van der Waals surface area contributed by atoms with Crippen LogP contribution in [0.4, 0.5) is 0 Å². The molecule has 0 amide bonds. The molecule has 8 heteroatoms. The summed E-state index contributed by atoms with van der Waals surface area (Å²) < 4.78 is 20.7. The second-order valence-electron chi connectivity index (χ2n) is 18.7. The van der Waals surface area contributed by atoms with Gasteiger partial charge in [-0.3, -0.25) is 9.59 Å². The van der Waals surface area contributed by atoms with Crippen molar-refractivity contribution in [2.24, 2.45) is 11.3 Å². The number of ether oxygens (including phenoxy) is 1. The van der Waals surface area contributed by atoms with Crippen LogP contribution >= 0.6 is 11.3 Å². The van der Waals surface area contributed by atoms with E-state index in [1.165, 1.54) is 4.88 Å². The Balaban J connectivity index is 2.25. The molecule has 1 aliphatic heterocycles. The number of fused-ring (bicyclic) bond motifs is 2. The van der Waals surface area contributed by atoms with Gasteiger partial charge in [0, 0.05) is 28.5 Å². The summed E-state index contributed by atoms with van der Waals surface area (Å²) in [5, 5.41) is 1.97. The molecule has 0 fully saturated rings. The summed E-state index contributed by atoms with van der Waals surface area (Å²) in [6.07, 6.45) is 3.35. The summed E-state index contributed by atoms with van der Waals surface area (Å²) in [6, 6.07) is 10.8. The van der Waals surface area contributed by atoms with Gasteiger partial charge in [0.25, 0.3) is 0 Å². The third kappa shape index (κ3) is 10.5. The minimum atomic E-state index is -2.42. The molecule has 1 aliphatic rings. The molecule has 5 atom stereocenters. The van der Waals surface area contributed by atoms with E-state index in [0.29, 0.717) is 6.42 Å². The molecular weight excluding hydrogens is 685 g/mol. The van der Waals surface area contributed by atoms with Gasteiger partial charge in [0.15, 0.2) is 16.6 Å². The summed E-state index contributed by atoms with van der Waals surface area (Å²) >= 11 is 1.71. The molecule has 3 rings (SSSR count). The molecule has 51 heavy (non-hydrogen) atoms. The van der Waals surface area contributed by atoms with E-state index < -0.39 is 40.2 Å². The lowest BCUT2D eigenvalue weighted by molar-refractivity contribution is -0.153. The zero-order chi connectivity index (χ0) is 38.9.